The van der Waals surface area contributed by atoms with Gasteiger partial charge < -0.3 is 25.4 Å². The second kappa shape index (κ2) is 11.9. The molecule has 1 aromatic rings. The average molecular weight is 396 g/mol. The molecule has 0 aromatic heterocycles. The number of carboxylic acids is 1. The number of nitro benzene ring substituents is 1. The van der Waals surface area contributed by atoms with Crippen LogP contribution < -0.4 is 15.4 Å². The molecule has 1 atom stereocenters. The van der Waals surface area contributed by atoms with Crippen LogP contribution in [0.2, 0.25) is 0 Å². The van der Waals surface area contributed by atoms with Gasteiger partial charge in [-0.2, -0.15) is 0 Å². The van der Waals surface area contributed by atoms with Crippen LogP contribution in [-0.2, 0) is 9.59 Å². The average Bonchev–Trinajstić information content (AvgIpc) is 2.66. The van der Waals surface area contributed by atoms with Gasteiger partial charge in [-0.25, -0.2) is 0 Å². The number of carbonyl (C=O) groups is 2. The van der Waals surface area contributed by atoms with Crippen LogP contribution in [0.4, 0.5) is 11.4 Å². The Morgan fingerprint density at radius 2 is 2.00 bits per heavy atom. The van der Waals surface area contributed by atoms with Crippen molar-refractivity contribution in [1.82, 2.24) is 10.2 Å². The van der Waals surface area contributed by atoms with Crippen molar-refractivity contribution < 1.29 is 24.4 Å². The van der Waals surface area contributed by atoms with E-state index in [-0.39, 0.29) is 23.5 Å². The lowest BCUT2D eigenvalue weighted by Gasteiger charge is -2.19. The number of nitrogens with zero attached hydrogens (tertiary/aromatic N) is 2. The van der Waals surface area contributed by atoms with E-state index in [1.165, 1.54) is 25.3 Å². The molecule has 0 bridgehead atoms. The molecule has 0 spiro atoms. The molecule has 0 radical (unpaired) electrons. The smallest absolute Gasteiger partial charge is 0.321 e. The van der Waals surface area contributed by atoms with Crippen LogP contribution >= 0.6 is 0 Å². The minimum Gasteiger partial charge on any atom is -0.495 e. The Bertz CT molecular complexity index is 678. The Kier molecular flexibility index (Phi) is 9.89. The number of hydrogen-bond donors (Lipinski definition) is 3. The second-order valence-corrected chi connectivity index (χ2v) is 6.12. The van der Waals surface area contributed by atoms with Gasteiger partial charge in [0.1, 0.15) is 11.8 Å². The van der Waals surface area contributed by atoms with Gasteiger partial charge >= 0.3 is 5.97 Å². The van der Waals surface area contributed by atoms with Gasteiger partial charge in [-0.1, -0.05) is 13.8 Å². The number of hydrogen-bond acceptors (Lipinski definition) is 7. The SMILES string of the molecule is CCN(CC)CCCNC(CC(=O)Nc1cc([N+](=O)[O-])ccc1OC)C(=O)O. The number of methoxy groups -OCH3 is 1. The minimum atomic E-state index is -1.14. The van der Waals surface area contributed by atoms with Gasteiger partial charge in [0.25, 0.3) is 5.69 Å². The number of anilines is 1. The van der Waals surface area contributed by atoms with Gasteiger partial charge in [-0.05, 0) is 38.7 Å². The van der Waals surface area contributed by atoms with Crippen LogP contribution in [0.15, 0.2) is 18.2 Å². The molecule has 0 aliphatic rings. The molecule has 10 heteroatoms. The molecule has 0 heterocycles. The summed E-state index contributed by atoms with van der Waals surface area (Å²) in [6.45, 7) is 7.26. The van der Waals surface area contributed by atoms with Gasteiger partial charge in [-0.3, -0.25) is 19.7 Å². The second-order valence-electron chi connectivity index (χ2n) is 6.12. The zero-order chi connectivity index (χ0) is 21.1. The van der Waals surface area contributed by atoms with Crippen molar-refractivity contribution in [2.75, 3.05) is 38.6 Å². The van der Waals surface area contributed by atoms with E-state index in [2.05, 4.69) is 29.4 Å². The Balaban J connectivity index is 2.66. The number of carbonyl (C=O) groups excluding carboxylic acids is 1. The number of nitrogens with one attached hydrogen (secondary N) is 2. The summed E-state index contributed by atoms with van der Waals surface area (Å²) in [4.78, 5) is 36.2. The molecule has 156 valence electrons. The first kappa shape index (κ1) is 23.3. The van der Waals surface area contributed by atoms with Gasteiger partial charge in [0.05, 0.1) is 24.1 Å². The molecule has 1 aromatic carbocycles. The van der Waals surface area contributed by atoms with Crippen molar-refractivity contribution in [2.24, 2.45) is 0 Å². The molecular formula is C18H28N4O6. The zero-order valence-electron chi connectivity index (χ0n) is 16.4. The van der Waals surface area contributed by atoms with Crippen LogP contribution in [0.25, 0.3) is 0 Å². The molecule has 0 aliphatic heterocycles. The third kappa shape index (κ3) is 7.49. The van der Waals surface area contributed by atoms with Crippen molar-refractivity contribution in [1.29, 1.82) is 0 Å². The summed E-state index contributed by atoms with van der Waals surface area (Å²) >= 11 is 0. The number of ether oxygens (including phenoxy) is 1. The fourth-order valence-electron chi connectivity index (χ4n) is 2.66. The first-order valence-electron chi connectivity index (χ1n) is 9.13. The minimum absolute atomic E-state index is 0.118. The number of nitro groups is 1. The molecule has 0 fully saturated rings. The lowest BCUT2D eigenvalue weighted by Crippen LogP contribution is -2.41. The summed E-state index contributed by atoms with van der Waals surface area (Å²) < 4.78 is 5.08. The lowest BCUT2D eigenvalue weighted by molar-refractivity contribution is -0.384. The van der Waals surface area contributed by atoms with Gasteiger partial charge in [-0.15, -0.1) is 0 Å². The molecule has 0 aliphatic carbocycles. The van der Waals surface area contributed by atoms with E-state index in [0.29, 0.717) is 6.54 Å². The molecule has 1 rings (SSSR count). The van der Waals surface area contributed by atoms with Crippen LogP contribution in [0, 0.1) is 10.1 Å². The number of benzene rings is 1. The van der Waals surface area contributed by atoms with Crippen LogP contribution in [0.3, 0.4) is 0 Å². The third-order valence-electron chi connectivity index (χ3n) is 4.29. The van der Waals surface area contributed by atoms with Crippen LogP contribution in [0.5, 0.6) is 5.75 Å². The summed E-state index contributed by atoms with van der Waals surface area (Å²) in [5.74, 6) is -1.47. The Hall–Kier alpha value is -2.72. The van der Waals surface area contributed by atoms with Crippen LogP contribution in [0.1, 0.15) is 26.7 Å². The molecule has 10 nitrogen and oxygen atoms in total. The quantitative estimate of drug-likeness (QED) is 0.261. The highest BCUT2D eigenvalue weighted by Gasteiger charge is 2.22. The maximum absolute atomic E-state index is 12.3. The van der Waals surface area contributed by atoms with Crippen LogP contribution in [-0.4, -0.2) is 66.1 Å². The summed E-state index contributed by atoms with van der Waals surface area (Å²) in [5, 5.41) is 25.6. The molecule has 3 N–H and O–H groups in total. The maximum atomic E-state index is 12.3. The topological polar surface area (TPSA) is 134 Å². The molecule has 0 saturated carbocycles. The van der Waals surface area contributed by atoms with Crippen molar-refractivity contribution in [3.05, 3.63) is 28.3 Å². The van der Waals surface area contributed by atoms with Crippen molar-refractivity contribution >= 4 is 23.3 Å². The highest BCUT2D eigenvalue weighted by molar-refractivity contribution is 5.95. The number of amides is 1. The van der Waals surface area contributed by atoms with E-state index in [0.717, 1.165) is 26.1 Å². The molecule has 0 saturated heterocycles. The molecule has 1 unspecified atom stereocenters. The Labute approximate surface area is 164 Å². The Morgan fingerprint density at radius 3 is 2.54 bits per heavy atom. The Morgan fingerprint density at radius 1 is 1.32 bits per heavy atom. The van der Waals surface area contributed by atoms with E-state index in [1.54, 1.807) is 0 Å². The number of aliphatic carboxylic acids is 1. The molecular weight excluding hydrogens is 368 g/mol. The zero-order valence-corrected chi connectivity index (χ0v) is 16.4. The summed E-state index contributed by atoms with van der Waals surface area (Å²) in [6, 6.07) is 2.74. The van der Waals surface area contributed by atoms with Gasteiger partial charge in [0, 0.05) is 12.1 Å². The highest BCUT2D eigenvalue weighted by atomic mass is 16.6. The monoisotopic (exact) mass is 396 g/mol. The predicted molar refractivity (Wildman–Crippen MR) is 105 cm³/mol. The van der Waals surface area contributed by atoms with E-state index >= 15 is 0 Å². The third-order valence-corrected chi connectivity index (χ3v) is 4.29. The van der Waals surface area contributed by atoms with Gasteiger partial charge in [0.2, 0.25) is 5.91 Å². The lowest BCUT2D eigenvalue weighted by atomic mass is 10.1. The number of rotatable bonds is 13. The fraction of sp³-hybridized carbons (Fsp3) is 0.556. The molecule has 1 amide bonds. The maximum Gasteiger partial charge on any atom is 0.321 e. The molecule has 28 heavy (non-hydrogen) atoms. The predicted octanol–water partition coefficient (Wildman–Crippen LogP) is 1.71. The van der Waals surface area contributed by atoms with Crippen molar-refractivity contribution in [2.45, 2.75) is 32.7 Å². The largest absolute Gasteiger partial charge is 0.495 e. The first-order valence-corrected chi connectivity index (χ1v) is 9.13. The number of non-ortho nitro benzene ring substituents is 1. The van der Waals surface area contributed by atoms with Crippen molar-refractivity contribution in [3.63, 3.8) is 0 Å². The van der Waals surface area contributed by atoms with E-state index < -0.39 is 22.8 Å². The highest BCUT2D eigenvalue weighted by Crippen LogP contribution is 2.29. The summed E-state index contributed by atoms with van der Waals surface area (Å²) in [5.41, 5.74) is -0.0900. The van der Waals surface area contributed by atoms with Crippen molar-refractivity contribution in [3.8, 4) is 5.75 Å². The summed E-state index contributed by atoms with van der Waals surface area (Å²) in [7, 11) is 1.37. The first-order chi connectivity index (χ1) is 13.3. The van der Waals surface area contributed by atoms with E-state index in [4.69, 9.17) is 4.74 Å². The normalized spacial score (nSPS) is 11.9. The fourth-order valence-corrected chi connectivity index (χ4v) is 2.66. The number of carboxylic acid groups (broad SMARTS) is 1. The van der Waals surface area contributed by atoms with E-state index in [9.17, 15) is 24.8 Å². The van der Waals surface area contributed by atoms with Gasteiger partial charge in [0.15, 0.2) is 0 Å². The summed E-state index contributed by atoms with van der Waals surface area (Å²) in [6.07, 6.45) is 0.443. The van der Waals surface area contributed by atoms with E-state index in [1.807, 2.05) is 0 Å². The standard InChI is InChI=1S/C18H28N4O6/c1-4-21(5-2)10-6-9-19-15(18(24)25)12-17(23)20-14-11-13(22(26)27)7-8-16(14)28-3/h7-8,11,15,19H,4-6,9-10,12H2,1-3H3,(H,20,23)(H,24,25).